The van der Waals surface area contributed by atoms with E-state index in [4.69, 9.17) is 15.2 Å². The van der Waals surface area contributed by atoms with Gasteiger partial charge in [-0.15, -0.1) is 10.2 Å². The number of nitrogens with zero attached hydrogens (tertiary/aromatic N) is 2. The van der Waals surface area contributed by atoms with Gasteiger partial charge in [-0.1, -0.05) is 11.3 Å². The van der Waals surface area contributed by atoms with E-state index >= 15 is 0 Å². The number of fused-ring (bicyclic) bond motifs is 1. The van der Waals surface area contributed by atoms with Gasteiger partial charge in [0.2, 0.25) is 0 Å². The minimum Gasteiger partial charge on any atom is -0.486 e. The molecule has 3 rings (SSSR count). The molecule has 0 fully saturated rings. The van der Waals surface area contributed by atoms with Crippen molar-refractivity contribution in [1.82, 2.24) is 10.2 Å². The van der Waals surface area contributed by atoms with Crippen LogP contribution in [-0.2, 0) is 6.54 Å². The van der Waals surface area contributed by atoms with Crippen LogP contribution in [0.2, 0.25) is 0 Å². The summed E-state index contributed by atoms with van der Waals surface area (Å²) in [5, 5.41) is 9.89. The average Bonchev–Trinajstić information content (AvgIpc) is 2.86. The molecule has 0 saturated carbocycles. The van der Waals surface area contributed by atoms with E-state index in [2.05, 4.69) is 10.2 Å². The average molecular weight is 263 g/mol. The van der Waals surface area contributed by atoms with Gasteiger partial charge in [-0.2, -0.15) is 0 Å². The fourth-order valence-corrected chi connectivity index (χ4v) is 2.67. The van der Waals surface area contributed by atoms with Gasteiger partial charge in [0.05, 0.1) is 0 Å². The SMILES string of the molecule is Cc1cc2c(cc1-c1nnc(CN)s1)OCCO2. The summed E-state index contributed by atoms with van der Waals surface area (Å²) in [5.74, 6) is 1.57. The summed E-state index contributed by atoms with van der Waals surface area (Å²) in [6.07, 6.45) is 0. The Morgan fingerprint density at radius 1 is 1.22 bits per heavy atom. The van der Waals surface area contributed by atoms with Gasteiger partial charge < -0.3 is 15.2 Å². The predicted octanol–water partition coefficient (Wildman–Crippen LogP) is 1.74. The zero-order valence-corrected chi connectivity index (χ0v) is 10.8. The fraction of sp³-hybridized carbons (Fsp3) is 0.333. The molecule has 2 N–H and O–H groups in total. The molecule has 0 bridgehead atoms. The van der Waals surface area contributed by atoms with E-state index in [9.17, 15) is 0 Å². The summed E-state index contributed by atoms with van der Waals surface area (Å²) >= 11 is 1.51. The minimum absolute atomic E-state index is 0.418. The lowest BCUT2D eigenvalue weighted by Crippen LogP contribution is -2.15. The summed E-state index contributed by atoms with van der Waals surface area (Å²) < 4.78 is 11.1. The fourth-order valence-electron chi connectivity index (χ4n) is 1.87. The lowest BCUT2D eigenvalue weighted by atomic mass is 10.1. The second kappa shape index (κ2) is 4.55. The van der Waals surface area contributed by atoms with Gasteiger partial charge in [-0.25, -0.2) is 0 Å². The number of hydrogen-bond acceptors (Lipinski definition) is 6. The monoisotopic (exact) mass is 263 g/mol. The maximum absolute atomic E-state index is 5.58. The van der Waals surface area contributed by atoms with Crippen molar-refractivity contribution in [1.29, 1.82) is 0 Å². The molecule has 1 aliphatic heterocycles. The Balaban J connectivity index is 2.06. The lowest BCUT2D eigenvalue weighted by molar-refractivity contribution is 0.171. The molecule has 0 unspecified atom stereocenters. The first-order chi connectivity index (χ1) is 8.78. The highest BCUT2D eigenvalue weighted by atomic mass is 32.1. The summed E-state index contributed by atoms with van der Waals surface area (Å²) in [6.45, 7) is 3.62. The molecule has 5 nitrogen and oxygen atoms in total. The quantitative estimate of drug-likeness (QED) is 0.893. The Bertz CT molecular complexity index is 583. The van der Waals surface area contributed by atoms with E-state index in [0.29, 0.717) is 19.8 Å². The first-order valence-corrected chi connectivity index (χ1v) is 6.52. The van der Waals surface area contributed by atoms with E-state index in [-0.39, 0.29) is 0 Å². The number of aryl methyl sites for hydroxylation is 1. The normalized spacial score (nSPS) is 13.7. The van der Waals surface area contributed by atoms with Gasteiger partial charge in [0.15, 0.2) is 11.5 Å². The van der Waals surface area contributed by atoms with Crippen molar-refractivity contribution < 1.29 is 9.47 Å². The predicted molar refractivity (Wildman–Crippen MR) is 69.0 cm³/mol. The molecule has 1 aromatic carbocycles. The van der Waals surface area contributed by atoms with Crippen LogP contribution >= 0.6 is 11.3 Å². The summed E-state index contributed by atoms with van der Waals surface area (Å²) in [6, 6.07) is 3.94. The van der Waals surface area contributed by atoms with Crippen LogP contribution in [0, 0.1) is 6.92 Å². The molecular weight excluding hydrogens is 250 g/mol. The molecular formula is C12H13N3O2S. The number of rotatable bonds is 2. The van der Waals surface area contributed by atoms with Crippen molar-refractivity contribution in [3.05, 3.63) is 22.7 Å². The van der Waals surface area contributed by atoms with Crippen LogP contribution < -0.4 is 15.2 Å². The van der Waals surface area contributed by atoms with Crippen LogP contribution in [0.4, 0.5) is 0 Å². The number of ether oxygens (including phenoxy) is 2. The smallest absolute Gasteiger partial charge is 0.162 e. The van der Waals surface area contributed by atoms with Crippen LogP contribution in [-0.4, -0.2) is 23.4 Å². The second-order valence-electron chi connectivity index (χ2n) is 4.02. The molecule has 1 aliphatic rings. The highest BCUT2D eigenvalue weighted by Crippen LogP contribution is 2.37. The minimum atomic E-state index is 0.418. The maximum atomic E-state index is 5.58. The van der Waals surface area contributed by atoms with Gasteiger partial charge in [0, 0.05) is 12.1 Å². The number of benzene rings is 1. The van der Waals surface area contributed by atoms with Crippen LogP contribution in [0.25, 0.3) is 10.6 Å². The van der Waals surface area contributed by atoms with Crippen LogP contribution in [0.1, 0.15) is 10.6 Å². The Morgan fingerprint density at radius 2 is 1.94 bits per heavy atom. The van der Waals surface area contributed by atoms with E-state index in [1.165, 1.54) is 11.3 Å². The highest BCUT2D eigenvalue weighted by molar-refractivity contribution is 7.14. The van der Waals surface area contributed by atoms with E-state index < -0.39 is 0 Å². The molecule has 6 heteroatoms. The molecule has 0 saturated heterocycles. The molecule has 0 atom stereocenters. The third-order valence-electron chi connectivity index (χ3n) is 2.76. The van der Waals surface area contributed by atoms with Gasteiger partial charge >= 0.3 is 0 Å². The first-order valence-electron chi connectivity index (χ1n) is 5.71. The summed E-state index contributed by atoms with van der Waals surface area (Å²) in [7, 11) is 0. The molecule has 2 heterocycles. The number of aromatic nitrogens is 2. The lowest BCUT2D eigenvalue weighted by Gasteiger charge is -2.19. The number of hydrogen-bond donors (Lipinski definition) is 1. The highest BCUT2D eigenvalue weighted by Gasteiger charge is 2.17. The Labute approximate surface area is 109 Å². The Morgan fingerprint density at radius 3 is 2.61 bits per heavy atom. The van der Waals surface area contributed by atoms with Gasteiger partial charge in [-0.3, -0.25) is 0 Å². The molecule has 0 amide bonds. The standard InChI is InChI=1S/C12H13N3O2S/c1-7-4-9-10(17-3-2-16-9)5-8(7)12-15-14-11(6-13)18-12/h4-5H,2-3,6,13H2,1H3. The summed E-state index contributed by atoms with van der Waals surface area (Å²) in [5.41, 5.74) is 7.67. The van der Waals surface area contributed by atoms with Crippen LogP contribution in [0.3, 0.4) is 0 Å². The van der Waals surface area contributed by atoms with Crippen molar-refractivity contribution in [2.45, 2.75) is 13.5 Å². The van der Waals surface area contributed by atoms with Gasteiger partial charge in [0.1, 0.15) is 23.2 Å². The third kappa shape index (κ3) is 1.93. The molecule has 18 heavy (non-hydrogen) atoms. The molecule has 2 aromatic rings. The van der Waals surface area contributed by atoms with E-state index in [0.717, 1.165) is 32.6 Å². The van der Waals surface area contributed by atoms with Crippen molar-refractivity contribution >= 4 is 11.3 Å². The van der Waals surface area contributed by atoms with Crippen LogP contribution in [0.15, 0.2) is 12.1 Å². The van der Waals surface area contributed by atoms with Gasteiger partial charge in [-0.05, 0) is 24.6 Å². The first kappa shape index (κ1) is 11.4. The molecule has 0 aliphatic carbocycles. The Kier molecular flexibility index (Phi) is 2.89. The summed E-state index contributed by atoms with van der Waals surface area (Å²) in [4.78, 5) is 0. The molecule has 1 aromatic heterocycles. The van der Waals surface area contributed by atoms with Crippen molar-refractivity contribution in [3.63, 3.8) is 0 Å². The zero-order chi connectivity index (χ0) is 12.5. The van der Waals surface area contributed by atoms with Crippen molar-refractivity contribution in [2.24, 2.45) is 5.73 Å². The Hall–Kier alpha value is -1.66. The van der Waals surface area contributed by atoms with Crippen LogP contribution in [0.5, 0.6) is 11.5 Å². The largest absolute Gasteiger partial charge is 0.486 e. The van der Waals surface area contributed by atoms with E-state index in [1.807, 2.05) is 19.1 Å². The zero-order valence-electron chi connectivity index (χ0n) is 9.97. The third-order valence-corrected chi connectivity index (χ3v) is 3.74. The van der Waals surface area contributed by atoms with Crippen molar-refractivity contribution in [2.75, 3.05) is 13.2 Å². The topological polar surface area (TPSA) is 70.3 Å². The molecule has 94 valence electrons. The number of nitrogens with two attached hydrogens (primary N) is 1. The van der Waals surface area contributed by atoms with E-state index in [1.54, 1.807) is 0 Å². The van der Waals surface area contributed by atoms with Gasteiger partial charge in [0.25, 0.3) is 0 Å². The second-order valence-corrected chi connectivity index (χ2v) is 5.08. The van der Waals surface area contributed by atoms with Crippen molar-refractivity contribution in [3.8, 4) is 22.1 Å². The molecule has 0 radical (unpaired) electrons. The molecule has 0 spiro atoms. The maximum Gasteiger partial charge on any atom is 0.162 e.